The van der Waals surface area contributed by atoms with Gasteiger partial charge in [0, 0.05) is 18.2 Å². The molecule has 7 heteroatoms. The second-order valence-corrected chi connectivity index (χ2v) is 5.96. The number of carbonyl (C=O) groups is 1. The van der Waals surface area contributed by atoms with Crippen LogP contribution in [-0.2, 0) is 11.3 Å². The molecule has 1 aromatic heterocycles. The monoisotopic (exact) mass is 379 g/mol. The highest BCUT2D eigenvalue weighted by Crippen LogP contribution is 2.19. The Morgan fingerprint density at radius 2 is 1.75 bits per heavy atom. The van der Waals surface area contributed by atoms with Gasteiger partial charge in [-0.15, -0.1) is 0 Å². The van der Waals surface area contributed by atoms with Gasteiger partial charge in [-0.2, -0.15) is 5.10 Å². The van der Waals surface area contributed by atoms with Crippen molar-refractivity contribution in [2.24, 2.45) is 0 Å². The van der Waals surface area contributed by atoms with E-state index in [1.807, 2.05) is 42.5 Å². The van der Waals surface area contributed by atoms with Crippen molar-refractivity contribution >= 4 is 5.91 Å². The minimum absolute atomic E-state index is 0.0851. The van der Waals surface area contributed by atoms with Crippen LogP contribution in [0.4, 0.5) is 0 Å². The number of carbonyl (C=O) groups excluding carboxylic acids is 1. The molecule has 28 heavy (non-hydrogen) atoms. The summed E-state index contributed by atoms with van der Waals surface area (Å²) in [6.45, 7) is 0.452. The van der Waals surface area contributed by atoms with Crippen LogP contribution < -0.4 is 20.3 Å². The Labute approximate surface area is 162 Å². The third-order valence-electron chi connectivity index (χ3n) is 4.01. The zero-order chi connectivity index (χ0) is 19.8. The highest BCUT2D eigenvalue weighted by Gasteiger charge is 2.06. The van der Waals surface area contributed by atoms with Crippen LogP contribution in [0.25, 0.3) is 11.3 Å². The first-order chi connectivity index (χ1) is 13.7. The van der Waals surface area contributed by atoms with E-state index in [1.54, 1.807) is 25.3 Å². The van der Waals surface area contributed by atoms with E-state index in [0.717, 1.165) is 11.3 Å². The molecule has 1 amide bonds. The first-order valence-corrected chi connectivity index (χ1v) is 8.83. The maximum atomic E-state index is 12.0. The van der Waals surface area contributed by atoms with Crippen molar-refractivity contribution < 1.29 is 14.3 Å². The molecule has 7 nitrogen and oxygen atoms in total. The number of nitrogens with zero attached hydrogens (tertiary/aromatic N) is 2. The maximum Gasteiger partial charge on any atom is 0.266 e. The van der Waals surface area contributed by atoms with Crippen molar-refractivity contribution in [1.29, 1.82) is 0 Å². The van der Waals surface area contributed by atoms with Gasteiger partial charge in [0.1, 0.15) is 11.5 Å². The molecular weight excluding hydrogens is 358 g/mol. The van der Waals surface area contributed by atoms with Gasteiger partial charge in [-0.05, 0) is 42.5 Å². The minimum Gasteiger partial charge on any atom is -0.497 e. The van der Waals surface area contributed by atoms with Crippen LogP contribution in [0.3, 0.4) is 0 Å². The number of hydrogen-bond acceptors (Lipinski definition) is 5. The number of para-hydroxylation sites is 1. The van der Waals surface area contributed by atoms with Crippen molar-refractivity contribution in [1.82, 2.24) is 15.1 Å². The van der Waals surface area contributed by atoms with E-state index in [4.69, 9.17) is 9.47 Å². The summed E-state index contributed by atoms with van der Waals surface area (Å²) in [7, 11) is 1.60. The summed E-state index contributed by atoms with van der Waals surface area (Å²) in [5.41, 5.74) is 1.31. The molecule has 3 rings (SSSR count). The van der Waals surface area contributed by atoms with E-state index in [1.165, 1.54) is 10.7 Å². The summed E-state index contributed by atoms with van der Waals surface area (Å²) in [6.07, 6.45) is 0. The lowest BCUT2D eigenvalue weighted by Crippen LogP contribution is -2.34. The number of ether oxygens (including phenoxy) is 2. The molecule has 1 heterocycles. The summed E-state index contributed by atoms with van der Waals surface area (Å²) < 4.78 is 11.9. The third-order valence-corrected chi connectivity index (χ3v) is 4.01. The highest BCUT2D eigenvalue weighted by molar-refractivity contribution is 5.77. The second kappa shape index (κ2) is 9.36. The van der Waals surface area contributed by atoms with Gasteiger partial charge in [0.15, 0.2) is 6.61 Å². The average Bonchev–Trinajstić information content (AvgIpc) is 2.74. The van der Waals surface area contributed by atoms with Gasteiger partial charge in [0.25, 0.3) is 11.5 Å². The standard InChI is InChI=1S/C21H21N3O4/c1-27-17-9-7-16(8-10-17)19-11-12-21(26)24(23-19)14-13-22-20(25)15-28-18-5-3-2-4-6-18/h2-12H,13-15H2,1H3,(H,22,25). The summed E-state index contributed by atoms with van der Waals surface area (Å²) in [5.74, 6) is 1.11. The van der Waals surface area contributed by atoms with Crippen LogP contribution in [0.2, 0.25) is 0 Å². The van der Waals surface area contributed by atoms with Gasteiger partial charge in [-0.1, -0.05) is 18.2 Å². The second-order valence-electron chi connectivity index (χ2n) is 5.96. The molecule has 0 radical (unpaired) electrons. The molecule has 0 atom stereocenters. The van der Waals surface area contributed by atoms with Crippen molar-refractivity contribution in [3.8, 4) is 22.8 Å². The zero-order valence-corrected chi connectivity index (χ0v) is 15.5. The van der Waals surface area contributed by atoms with Crippen LogP contribution in [-0.4, -0.2) is 35.9 Å². The van der Waals surface area contributed by atoms with Gasteiger partial charge >= 0.3 is 0 Å². The summed E-state index contributed by atoms with van der Waals surface area (Å²) in [4.78, 5) is 23.9. The molecule has 3 aromatic rings. The number of benzene rings is 2. The number of hydrogen-bond donors (Lipinski definition) is 1. The molecule has 0 bridgehead atoms. The van der Waals surface area contributed by atoms with Crippen LogP contribution in [0.1, 0.15) is 0 Å². The molecule has 0 aliphatic heterocycles. The molecular formula is C21H21N3O4. The molecule has 0 fully saturated rings. The largest absolute Gasteiger partial charge is 0.497 e. The normalized spacial score (nSPS) is 10.3. The Morgan fingerprint density at radius 3 is 2.46 bits per heavy atom. The van der Waals surface area contributed by atoms with Crippen LogP contribution in [0, 0.1) is 0 Å². The molecule has 0 aliphatic rings. The summed E-state index contributed by atoms with van der Waals surface area (Å²) in [6, 6.07) is 19.7. The predicted octanol–water partition coefficient (Wildman–Crippen LogP) is 2.11. The SMILES string of the molecule is COc1ccc(-c2ccc(=O)n(CCNC(=O)COc3ccccc3)n2)cc1. The maximum absolute atomic E-state index is 12.0. The molecule has 0 aliphatic carbocycles. The first-order valence-electron chi connectivity index (χ1n) is 8.83. The van der Waals surface area contributed by atoms with E-state index in [0.29, 0.717) is 11.4 Å². The van der Waals surface area contributed by atoms with E-state index < -0.39 is 0 Å². The first kappa shape index (κ1) is 19.2. The number of amides is 1. The van der Waals surface area contributed by atoms with Crippen LogP contribution >= 0.6 is 0 Å². The Balaban J connectivity index is 1.55. The fourth-order valence-corrected chi connectivity index (χ4v) is 2.54. The van der Waals surface area contributed by atoms with Crippen LogP contribution in [0.15, 0.2) is 71.5 Å². The van der Waals surface area contributed by atoms with E-state index >= 15 is 0 Å². The van der Waals surface area contributed by atoms with Gasteiger partial charge in [0.2, 0.25) is 0 Å². The molecule has 0 saturated carbocycles. The number of aromatic nitrogens is 2. The van der Waals surface area contributed by atoms with E-state index in [9.17, 15) is 9.59 Å². The molecule has 144 valence electrons. The van der Waals surface area contributed by atoms with Gasteiger partial charge in [0.05, 0.1) is 19.3 Å². The Hall–Kier alpha value is -3.61. The van der Waals surface area contributed by atoms with Crippen molar-refractivity contribution in [2.45, 2.75) is 6.54 Å². The van der Waals surface area contributed by atoms with Crippen LogP contribution in [0.5, 0.6) is 11.5 Å². The summed E-state index contributed by atoms with van der Waals surface area (Å²) in [5, 5.41) is 7.09. The number of nitrogens with one attached hydrogen (secondary N) is 1. The molecule has 0 saturated heterocycles. The fourth-order valence-electron chi connectivity index (χ4n) is 2.54. The minimum atomic E-state index is -0.261. The lowest BCUT2D eigenvalue weighted by molar-refractivity contribution is -0.123. The number of methoxy groups -OCH3 is 1. The molecule has 0 spiro atoms. The van der Waals surface area contributed by atoms with Crippen molar-refractivity contribution in [2.75, 3.05) is 20.3 Å². The number of rotatable bonds is 8. The topological polar surface area (TPSA) is 82.5 Å². The van der Waals surface area contributed by atoms with Crippen molar-refractivity contribution in [3.05, 3.63) is 77.1 Å². The summed E-state index contributed by atoms with van der Waals surface area (Å²) >= 11 is 0. The van der Waals surface area contributed by atoms with E-state index in [-0.39, 0.29) is 31.2 Å². The van der Waals surface area contributed by atoms with Gasteiger partial charge in [-0.25, -0.2) is 4.68 Å². The molecule has 2 aromatic carbocycles. The smallest absolute Gasteiger partial charge is 0.266 e. The lowest BCUT2D eigenvalue weighted by Gasteiger charge is -2.09. The Kier molecular flexibility index (Phi) is 6.41. The Bertz CT molecular complexity index is 969. The lowest BCUT2D eigenvalue weighted by atomic mass is 10.1. The molecule has 0 unspecified atom stereocenters. The quantitative estimate of drug-likeness (QED) is 0.648. The van der Waals surface area contributed by atoms with Crippen molar-refractivity contribution in [3.63, 3.8) is 0 Å². The molecule has 1 N–H and O–H groups in total. The average molecular weight is 379 g/mol. The van der Waals surface area contributed by atoms with Gasteiger partial charge in [-0.3, -0.25) is 9.59 Å². The van der Waals surface area contributed by atoms with Gasteiger partial charge < -0.3 is 14.8 Å². The van der Waals surface area contributed by atoms with E-state index in [2.05, 4.69) is 10.4 Å². The predicted molar refractivity (Wildman–Crippen MR) is 105 cm³/mol. The fraction of sp³-hybridized carbons (Fsp3) is 0.190. The highest BCUT2D eigenvalue weighted by atomic mass is 16.5. The third kappa shape index (κ3) is 5.20. The Morgan fingerprint density at radius 1 is 1.00 bits per heavy atom. The zero-order valence-electron chi connectivity index (χ0n) is 15.5.